The van der Waals surface area contributed by atoms with E-state index in [1.807, 2.05) is 18.2 Å². The topological polar surface area (TPSA) is 55.0 Å². The molecule has 0 unspecified atom stereocenters. The zero-order valence-corrected chi connectivity index (χ0v) is 13.6. The highest BCUT2D eigenvalue weighted by molar-refractivity contribution is 5.85. The van der Waals surface area contributed by atoms with E-state index in [0.717, 1.165) is 56.8 Å². The summed E-state index contributed by atoms with van der Waals surface area (Å²) in [5.74, 6) is 1.60. The van der Waals surface area contributed by atoms with Crippen molar-refractivity contribution in [3.8, 4) is 0 Å². The molecule has 2 aliphatic heterocycles. The zero-order valence-electron chi connectivity index (χ0n) is 13.6. The lowest BCUT2D eigenvalue weighted by Gasteiger charge is -2.32. The van der Waals surface area contributed by atoms with Crippen LogP contribution < -0.4 is 0 Å². The van der Waals surface area contributed by atoms with Gasteiger partial charge >= 0.3 is 0 Å². The predicted octanol–water partition coefficient (Wildman–Crippen LogP) is 2.46. The Balaban J connectivity index is 1.34. The Bertz CT molecular complexity index is 702. The quantitative estimate of drug-likeness (QED) is 0.870. The first-order chi connectivity index (χ1) is 11.3. The summed E-state index contributed by atoms with van der Waals surface area (Å²) < 4.78 is 2.13. The molecule has 4 heterocycles. The van der Waals surface area contributed by atoms with Crippen LogP contribution in [0.3, 0.4) is 0 Å². The Morgan fingerprint density at radius 3 is 2.87 bits per heavy atom. The summed E-state index contributed by atoms with van der Waals surface area (Å²) in [5, 5.41) is 12.9. The summed E-state index contributed by atoms with van der Waals surface area (Å²) in [6.45, 7) is 5.31. The molecule has 1 saturated heterocycles. The summed E-state index contributed by atoms with van der Waals surface area (Å²) in [7, 11) is 0. The molecule has 4 rings (SSSR count). The van der Waals surface area contributed by atoms with Gasteiger partial charge in [0, 0.05) is 25.1 Å². The van der Waals surface area contributed by atoms with Gasteiger partial charge in [-0.2, -0.15) is 0 Å². The number of nitrogens with zero attached hydrogens (tertiary/aromatic N) is 5. The first kappa shape index (κ1) is 14.6. The molecule has 0 aliphatic carbocycles. The molecule has 0 bridgehead atoms. The molecular weight excluding hydrogens is 290 g/mol. The largest absolute Gasteiger partial charge is 0.391 e. The first-order valence-electron chi connectivity index (χ1n) is 8.57. The average molecular weight is 313 g/mol. The first-order valence-corrected chi connectivity index (χ1v) is 8.57. The number of hydrogen-bond donors (Lipinski definition) is 0. The predicted molar refractivity (Wildman–Crippen MR) is 88.6 cm³/mol. The van der Waals surface area contributed by atoms with Crippen molar-refractivity contribution in [1.82, 2.24) is 19.5 Å². The number of fused-ring (bicyclic) bond motifs is 1. The van der Waals surface area contributed by atoms with Crippen molar-refractivity contribution in [2.24, 2.45) is 5.16 Å². The van der Waals surface area contributed by atoms with Crippen LogP contribution in [0, 0.1) is 0 Å². The SMILES string of the molecule is CCC1=NO[C@@H](CN2CCC(c3nnc4ccccn34)CC2)C1. The minimum atomic E-state index is 0.246. The van der Waals surface area contributed by atoms with Gasteiger partial charge in [0.2, 0.25) is 0 Å². The van der Waals surface area contributed by atoms with Crippen LogP contribution in [-0.4, -0.2) is 50.9 Å². The summed E-state index contributed by atoms with van der Waals surface area (Å²) in [6.07, 6.45) is 6.56. The second-order valence-electron chi connectivity index (χ2n) is 6.50. The van der Waals surface area contributed by atoms with Gasteiger partial charge in [0.1, 0.15) is 11.9 Å². The lowest BCUT2D eigenvalue weighted by Crippen LogP contribution is -2.38. The molecular formula is C17H23N5O. The van der Waals surface area contributed by atoms with Crippen LogP contribution in [0.4, 0.5) is 0 Å². The number of likely N-dealkylation sites (tertiary alicyclic amines) is 1. The van der Waals surface area contributed by atoms with Crippen molar-refractivity contribution >= 4 is 11.4 Å². The van der Waals surface area contributed by atoms with Crippen LogP contribution in [0.15, 0.2) is 29.6 Å². The Kier molecular flexibility index (Phi) is 3.99. The van der Waals surface area contributed by atoms with Crippen LogP contribution in [0.5, 0.6) is 0 Å². The molecule has 0 amide bonds. The second-order valence-corrected chi connectivity index (χ2v) is 6.50. The van der Waals surface area contributed by atoms with Crippen molar-refractivity contribution in [3.63, 3.8) is 0 Å². The van der Waals surface area contributed by atoms with Crippen molar-refractivity contribution in [3.05, 3.63) is 30.2 Å². The van der Waals surface area contributed by atoms with Gasteiger partial charge in [0.05, 0.1) is 5.71 Å². The van der Waals surface area contributed by atoms with Gasteiger partial charge in [-0.15, -0.1) is 10.2 Å². The number of oxime groups is 1. The smallest absolute Gasteiger partial charge is 0.160 e. The highest BCUT2D eigenvalue weighted by Crippen LogP contribution is 2.27. The van der Waals surface area contributed by atoms with Crippen LogP contribution in [0.2, 0.25) is 0 Å². The van der Waals surface area contributed by atoms with Gasteiger partial charge in [0.15, 0.2) is 5.65 Å². The Hall–Kier alpha value is -1.95. The fraction of sp³-hybridized carbons (Fsp3) is 0.588. The van der Waals surface area contributed by atoms with E-state index in [0.29, 0.717) is 5.92 Å². The maximum Gasteiger partial charge on any atom is 0.160 e. The van der Waals surface area contributed by atoms with E-state index in [4.69, 9.17) is 4.84 Å². The molecule has 0 N–H and O–H groups in total. The number of aromatic nitrogens is 3. The van der Waals surface area contributed by atoms with Crippen molar-refractivity contribution in [1.29, 1.82) is 0 Å². The molecule has 6 heteroatoms. The molecule has 23 heavy (non-hydrogen) atoms. The Morgan fingerprint density at radius 2 is 2.09 bits per heavy atom. The Morgan fingerprint density at radius 1 is 1.22 bits per heavy atom. The number of hydrogen-bond acceptors (Lipinski definition) is 5. The molecule has 1 fully saturated rings. The molecule has 1 atom stereocenters. The third-order valence-electron chi connectivity index (χ3n) is 4.96. The van der Waals surface area contributed by atoms with Crippen LogP contribution in [0.25, 0.3) is 5.65 Å². The van der Waals surface area contributed by atoms with Gasteiger partial charge in [-0.3, -0.25) is 9.30 Å². The minimum Gasteiger partial charge on any atom is -0.391 e. The molecule has 122 valence electrons. The lowest BCUT2D eigenvalue weighted by molar-refractivity contribution is 0.0451. The summed E-state index contributed by atoms with van der Waals surface area (Å²) in [5.41, 5.74) is 2.13. The number of rotatable bonds is 4. The van der Waals surface area contributed by atoms with Crippen molar-refractivity contribution in [2.45, 2.75) is 44.6 Å². The van der Waals surface area contributed by atoms with Gasteiger partial charge in [-0.25, -0.2) is 0 Å². The summed E-state index contributed by atoms with van der Waals surface area (Å²) in [4.78, 5) is 8.03. The van der Waals surface area contributed by atoms with Crippen LogP contribution >= 0.6 is 0 Å². The normalized spacial score (nSPS) is 23.2. The van der Waals surface area contributed by atoms with Gasteiger partial charge in [-0.05, 0) is 44.5 Å². The fourth-order valence-corrected chi connectivity index (χ4v) is 3.59. The number of piperidine rings is 1. The maximum atomic E-state index is 5.54. The van der Waals surface area contributed by atoms with Crippen LogP contribution in [-0.2, 0) is 4.84 Å². The molecule has 2 aliphatic rings. The van der Waals surface area contributed by atoms with E-state index < -0.39 is 0 Å². The Labute approximate surface area is 136 Å². The minimum absolute atomic E-state index is 0.246. The molecule has 0 radical (unpaired) electrons. The van der Waals surface area contributed by atoms with E-state index in [1.54, 1.807) is 0 Å². The van der Waals surface area contributed by atoms with Crippen molar-refractivity contribution in [2.75, 3.05) is 19.6 Å². The van der Waals surface area contributed by atoms with Crippen molar-refractivity contribution < 1.29 is 4.84 Å². The van der Waals surface area contributed by atoms with E-state index in [1.165, 1.54) is 5.71 Å². The van der Waals surface area contributed by atoms with Gasteiger partial charge < -0.3 is 4.84 Å². The van der Waals surface area contributed by atoms with Gasteiger partial charge in [0.25, 0.3) is 0 Å². The standard InChI is InChI=1S/C17H23N5O/c1-2-14-11-15(23-20-14)12-21-9-6-13(7-10-21)17-19-18-16-5-3-4-8-22(16)17/h3-5,8,13,15H,2,6-7,9-12H2,1H3/t15-/m1/s1. The molecule has 0 spiro atoms. The lowest BCUT2D eigenvalue weighted by atomic mass is 9.95. The van der Waals surface area contributed by atoms with Crippen LogP contribution in [0.1, 0.15) is 44.3 Å². The summed E-state index contributed by atoms with van der Waals surface area (Å²) in [6, 6.07) is 6.05. The third-order valence-corrected chi connectivity index (χ3v) is 4.96. The van der Waals surface area contributed by atoms with E-state index in [2.05, 4.69) is 37.8 Å². The molecule has 0 saturated carbocycles. The van der Waals surface area contributed by atoms with E-state index in [9.17, 15) is 0 Å². The summed E-state index contributed by atoms with van der Waals surface area (Å²) >= 11 is 0. The van der Waals surface area contributed by atoms with E-state index in [-0.39, 0.29) is 6.10 Å². The molecule has 2 aromatic rings. The van der Waals surface area contributed by atoms with Gasteiger partial charge in [-0.1, -0.05) is 18.1 Å². The second kappa shape index (κ2) is 6.28. The third kappa shape index (κ3) is 2.95. The average Bonchev–Trinajstić information content (AvgIpc) is 3.22. The zero-order chi connectivity index (χ0) is 15.6. The monoisotopic (exact) mass is 313 g/mol. The molecule has 6 nitrogen and oxygen atoms in total. The maximum absolute atomic E-state index is 5.54. The highest BCUT2D eigenvalue weighted by atomic mass is 16.6. The molecule has 2 aromatic heterocycles. The fourth-order valence-electron chi connectivity index (χ4n) is 3.59. The molecule has 0 aromatic carbocycles. The van der Waals surface area contributed by atoms with E-state index >= 15 is 0 Å². The number of pyridine rings is 1. The highest BCUT2D eigenvalue weighted by Gasteiger charge is 2.28.